The van der Waals surface area contributed by atoms with Crippen molar-refractivity contribution in [2.24, 2.45) is 0 Å². The van der Waals surface area contributed by atoms with Crippen LogP contribution in [0.5, 0.6) is 0 Å². The van der Waals surface area contributed by atoms with Gasteiger partial charge in [-0.05, 0) is 49.1 Å². The highest BCUT2D eigenvalue weighted by Crippen LogP contribution is 2.25. The van der Waals surface area contributed by atoms with Crippen LogP contribution < -0.4 is 5.32 Å². The van der Waals surface area contributed by atoms with E-state index in [0.717, 1.165) is 12.8 Å². The number of fused-ring (bicyclic) bond motifs is 1. The second kappa shape index (κ2) is 5.49. The Hall–Kier alpha value is -0.740. The third-order valence-electron chi connectivity index (χ3n) is 3.17. The summed E-state index contributed by atoms with van der Waals surface area (Å²) in [5.74, 6) is 0. The first-order valence-electron chi connectivity index (χ1n) is 6.01. The summed E-state index contributed by atoms with van der Waals surface area (Å²) in [6.07, 6.45) is -2.91. The predicted octanol–water partition coefficient (Wildman–Crippen LogP) is 3.74. The molecule has 1 unspecified atom stereocenters. The molecule has 1 aliphatic carbocycles. The van der Waals surface area contributed by atoms with E-state index < -0.39 is 12.6 Å². The molecule has 18 heavy (non-hydrogen) atoms. The first-order chi connectivity index (χ1) is 8.44. The molecule has 0 saturated carbocycles. The Balaban J connectivity index is 1.75. The van der Waals surface area contributed by atoms with Crippen LogP contribution in [-0.4, -0.2) is 18.8 Å². The normalized spacial score (nSPS) is 19.0. The lowest BCUT2D eigenvalue weighted by Crippen LogP contribution is -2.31. The van der Waals surface area contributed by atoms with Crippen molar-refractivity contribution in [3.8, 4) is 0 Å². The zero-order valence-electron chi connectivity index (χ0n) is 9.86. The number of benzene rings is 1. The van der Waals surface area contributed by atoms with Gasteiger partial charge >= 0.3 is 6.18 Å². The van der Waals surface area contributed by atoms with Crippen LogP contribution in [0.1, 0.15) is 24.0 Å². The lowest BCUT2D eigenvalue weighted by atomic mass is 10.1. The summed E-state index contributed by atoms with van der Waals surface area (Å²) in [7, 11) is 0. The lowest BCUT2D eigenvalue weighted by Gasteiger charge is -2.12. The molecule has 0 heterocycles. The minimum atomic E-state index is -4.05. The van der Waals surface area contributed by atoms with Crippen molar-refractivity contribution in [3.05, 3.63) is 34.3 Å². The van der Waals surface area contributed by atoms with Gasteiger partial charge in [-0.1, -0.05) is 17.7 Å². The molecule has 100 valence electrons. The molecule has 0 bridgehead atoms. The van der Waals surface area contributed by atoms with Crippen molar-refractivity contribution >= 4 is 11.6 Å². The topological polar surface area (TPSA) is 12.0 Å². The highest BCUT2D eigenvalue weighted by molar-refractivity contribution is 6.30. The molecule has 0 aliphatic heterocycles. The van der Waals surface area contributed by atoms with Crippen LogP contribution in [0.3, 0.4) is 0 Å². The van der Waals surface area contributed by atoms with Gasteiger partial charge in [-0.15, -0.1) is 0 Å². The minimum Gasteiger partial charge on any atom is -0.313 e. The zero-order valence-corrected chi connectivity index (χ0v) is 10.6. The summed E-state index contributed by atoms with van der Waals surface area (Å²) in [4.78, 5) is 0. The van der Waals surface area contributed by atoms with Crippen molar-refractivity contribution in [2.45, 2.75) is 37.9 Å². The predicted molar refractivity (Wildman–Crippen MR) is 65.9 cm³/mol. The van der Waals surface area contributed by atoms with Crippen LogP contribution in [0.2, 0.25) is 5.02 Å². The molecule has 1 nitrogen and oxygen atoms in total. The van der Waals surface area contributed by atoms with E-state index in [1.807, 2.05) is 18.2 Å². The Labute approximate surface area is 109 Å². The third kappa shape index (κ3) is 3.89. The summed E-state index contributed by atoms with van der Waals surface area (Å²) < 4.78 is 35.9. The van der Waals surface area contributed by atoms with Gasteiger partial charge in [-0.25, -0.2) is 0 Å². The van der Waals surface area contributed by atoms with E-state index in [-0.39, 0.29) is 12.5 Å². The van der Waals surface area contributed by atoms with Gasteiger partial charge < -0.3 is 5.32 Å². The maximum atomic E-state index is 12.0. The highest BCUT2D eigenvalue weighted by Gasteiger charge is 2.26. The molecule has 2 rings (SSSR count). The van der Waals surface area contributed by atoms with Gasteiger partial charge in [-0.3, -0.25) is 0 Å². The quantitative estimate of drug-likeness (QED) is 0.827. The lowest BCUT2D eigenvalue weighted by molar-refractivity contribution is -0.135. The standard InChI is InChI=1S/C13H15ClF3N/c14-11-3-2-9-7-12(8-10(9)6-11)18-5-1-4-13(15,16)17/h2-3,6,12,18H,1,4-5,7-8H2. The van der Waals surface area contributed by atoms with Gasteiger partial charge in [-0.2, -0.15) is 13.2 Å². The molecule has 1 aliphatic rings. The van der Waals surface area contributed by atoms with Crippen LogP contribution in [0.15, 0.2) is 18.2 Å². The molecule has 0 fully saturated rings. The Bertz CT molecular complexity index is 417. The van der Waals surface area contributed by atoms with Gasteiger partial charge in [0.05, 0.1) is 0 Å². The van der Waals surface area contributed by atoms with E-state index >= 15 is 0 Å². The number of rotatable bonds is 4. The molecule has 0 spiro atoms. The molecule has 1 atom stereocenters. The Morgan fingerprint density at radius 2 is 1.94 bits per heavy atom. The van der Waals surface area contributed by atoms with E-state index in [2.05, 4.69) is 5.32 Å². The molecule has 1 aromatic rings. The molecule has 0 amide bonds. The van der Waals surface area contributed by atoms with Gasteiger partial charge in [0.2, 0.25) is 0 Å². The minimum absolute atomic E-state index is 0.136. The average Bonchev–Trinajstić information content (AvgIpc) is 2.65. The Morgan fingerprint density at radius 3 is 2.67 bits per heavy atom. The summed E-state index contributed by atoms with van der Waals surface area (Å²) in [5.41, 5.74) is 2.45. The summed E-state index contributed by atoms with van der Waals surface area (Å²) in [6.45, 7) is 0.409. The van der Waals surface area contributed by atoms with Gasteiger partial charge in [0.1, 0.15) is 0 Å². The van der Waals surface area contributed by atoms with Gasteiger partial charge in [0, 0.05) is 17.5 Å². The fourth-order valence-electron chi connectivity index (χ4n) is 2.33. The summed E-state index contributed by atoms with van der Waals surface area (Å²) in [6, 6.07) is 6.03. The van der Waals surface area contributed by atoms with Crippen molar-refractivity contribution in [3.63, 3.8) is 0 Å². The van der Waals surface area contributed by atoms with Crippen LogP contribution in [0.4, 0.5) is 13.2 Å². The van der Waals surface area contributed by atoms with Crippen molar-refractivity contribution in [1.82, 2.24) is 5.32 Å². The van der Waals surface area contributed by atoms with Crippen LogP contribution >= 0.6 is 11.6 Å². The monoisotopic (exact) mass is 277 g/mol. The van der Waals surface area contributed by atoms with Crippen LogP contribution in [-0.2, 0) is 12.8 Å². The van der Waals surface area contributed by atoms with E-state index in [1.54, 1.807) is 0 Å². The summed E-state index contributed by atoms with van der Waals surface area (Å²) in [5, 5.41) is 3.89. The van der Waals surface area contributed by atoms with E-state index in [9.17, 15) is 13.2 Å². The van der Waals surface area contributed by atoms with Crippen molar-refractivity contribution < 1.29 is 13.2 Å². The molecular formula is C13H15ClF3N. The smallest absolute Gasteiger partial charge is 0.313 e. The maximum absolute atomic E-state index is 12.0. The number of hydrogen-bond donors (Lipinski definition) is 1. The van der Waals surface area contributed by atoms with E-state index in [1.165, 1.54) is 11.1 Å². The SMILES string of the molecule is FC(F)(F)CCCNC1Cc2ccc(Cl)cc2C1. The zero-order chi connectivity index (χ0) is 13.2. The second-order valence-electron chi connectivity index (χ2n) is 4.69. The Morgan fingerprint density at radius 1 is 1.22 bits per heavy atom. The summed E-state index contributed by atoms with van der Waals surface area (Å²) >= 11 is 5.90. The molecule has 0 saturated heterocycles. The third-order valence-corrected chi connectivity index (χ3v) is 3.41. The highest BCUT2D eigenvalue weighted by atomic mass is 35.5. The van der Waals surface area contributed by atoms with Crippen LogP contribution in [0.25, 0.3) is 0 Å². The van der Waals surface area contributed by atoms with Crippen LogP contribution in [0, 0.1) is 0 Å². The average molecular weight is 278 g/mol. The van der Waals surface area contributed by atoms with Gasteiger partial charge in [0.15, 0.2) is 0 Å². The van der Waals surface area contributed by atoms with Gasteiger partial charge in [0.25, 0.3) is 0 Å². The second-order valence-corrected chi connectivity index (χ2v) is 5.13. The molecular weight excluding hydrogens is 263 g/mol. The maximum Gasteiger partial charge on any atom is 0.389 e. The Kier molecular flexibility index (Phi) is 4.17. The first-order valence-corrected chi connectivity index (χ1v) is 6.39. The molecule has 1 aromatic carbocycles. The molecule has 0 aromatic heterocycles. The fraction of sp³-hybridized carbons (Fsp3) is 0.538. The number of nitrogens with one attached hydrogen (secondary N) is 1. The first kappa shape index (κ1) is 13.7. The molecule has 5 heteroatoms. The van der Waals surface area contributed by atoms with E-state index in [4.69, 9.17) is 11.6 Å². The van der Waals surface area contributed by atoms with Crippen molar-refractivity contribution in [1.29, 1.82) is 0 Å². The number of alkyl halides is 3. The number of halogens is 4. The molecule has 0 radical (unpaired) electrons. The fourth-order valence-corrected chi connectivity index (χ4v) is 2.52. The molecule has 1 N–H and O–H groups in total. The van der Waals surface area contributed by atoms with E-state index in [0.29, 0.717) is 11.6 Å². The number of hydrogen-bond acceptors (Lipinski definition) is 1. The largest absolute Gasteiger partial charge is 0.389 e. The van der Waals surface area contributed by atoms with Crippen molar-refractivity contribution in [2.75, 3.05) is 6.54 Å².